The molecule has 0 saturated carbocycles. The van der Waals surface area contributed by atoms with E-state index in [1.807, 2.05) is 36.7 Å². The van der Waals surface area contributed by atoms with Crippen molar-refractivity contribution in [1.29, 1.82) is 0 Å². The van der Waals surface area contributed by atoms with Crippen LogP contribution in [0.4, 0.5) is 4.39 Å². The van der Waals surface area contributed by atoms with Crippen LogP contribution >= 0.6 is 0 Å². The number of aromatic nitrogens is 1. The number of rotatable bonds is 2. The van der Waals surface area contributed by atoms with Gasteiger partial charge in [0.25, 0.3) is 0 Å². The third-order valence-electron chi connectivity index (χ3n) is 4.99. The molecule has 0 amide bonds. The molecular weight excluding hydrogens is 321 g/mol. The fourth-order valence-electron chi connectivity index (χ4n) is 3.47. The molecule has 0 aliphatic carbocycles. The van der Waals surface area contributed by atoms with Crippen molar-refractivity contribution in [3.8, 4) is 22.4 Å². The molecule has 0 aliphatic rings. The Morgan fingerprint density at radius 3 is 2.42 bits per heavy atom. The maximum atomic E-state index is 13.9. The molecule has 0 fully saturated rings. The molecule has 1 heterocycles. The normalized spacial score (nSPS) is 11.6. The number of hydrogen-bond acceptors (Lipinski definition) is 0. The zero-order valence-corrected chi connectivity index (χ0v) is 15.2. The van der Waals surface area contributed by atoms with Gasteiger partial charge in [-0.1, -0.05) is 42.5 Å². The van der Waals surface area contributed by atoms with Gasteiger partial charge in [-0.25, -0.2) is 4.39 Å². The number of benzene rings is 3. The Morgan fingerprint density at radius 1 is 0.885 bits per heavy atom. The molecule has 26 heavy (non-hydrogen) atoms. The van der Waals surface area contributed by atoms with Crippen molar-refractivity contribution in [2.75, 3.05) is 0 Å². The lowest BCUT2D eigenvalue weighted by molar-refractivity contribution is -0.665. The van der Waals surface area contributed by atoms with Gasteiger partial charge in [0.1, 0.15) is 12.9 Å². The van der Waals surface area contributed by atoms with Gasteiger partial charge in [-0.2, -0.15) is 4.57 Å². The highest BCUT2D eigenvalue weighted by molar-refractivity contribution is 5.94. The van der Waals surface area contributed by atoms with Gasteiger partial charge < -0.3 is 0 Å². The van der Waals surface area contributed by atoms with Crippen molar-refractivity contribution >= 4 is 10.8 Å². The predicted octanol–water partition coefficient (Wildman–Crippen LogP) is 5.75. The van der Waals surface area contributed by atoms with Gasteiger partial charge in [0, 0.05) is 13.0 Å². The lowest BCUT2D eigenvalue weighted by Crippen LogP contribution is -2.35. The van der Waals surface area contributed by atoms with E-state index < -0.39 is 0 Å². The van der Waals surface area contributed by atoms with Crippen LogP contribution in [0.25, 0.3) is 33.2 Å². The first-order valence-corrected chi connectivity index (χ1v) is 8.72. The van der Waals surface area contributed by atoms with Gasteiger partial charge in [-0.3, -0.25) is 0 Å². The molecular formula is C24H21FN+. The fraction of sp³-hybridized carbons (Fsp3) is 0.125. The van der Waals surface area contributed by atoms with Crippen LogP contribution in [0.3, 0.4) is 0 Å². The average molecular weight is 343 g/mol. The van der Waals surface area contributed by atoms with Crippen molar-refractivity contribution < 1.29 is 10.3 Å². The van der Waals surface area contributed by atoms with Crippen molar-refractivity contribution in [2.24, 2.45) is 7.05 Å². The lowest BCUT2D eigenvalue weighted by atomic mass is 9.94. The Balaban J connectivity index is 2.06. The maximum Gasteiger partial charge on any atom is 0.220 e. The van der Waals surface area contributed by atoms with E-state index in [1.165, 1.54) is 12.1 Å². The third kappa shape index (κ3) is 2.78. The summed E-state index contributed by atoms with van der Waals surface area (Å²) in [6.45, 7) is 4.00. The summed E-state index contributed by atoms with van der Waals surface area (Å²) in [6, 6.07) is 21.8. The minimum absolute atomic E-state index is 0.315. The van der Waals surface area contributed by atoms with E-state index in [2.05, 4.69) is 37.3 Å². The van der Waals surface area contributed by atoms with Crippen LogP contribution in [0.5, 0.6) is 0 Å². The van der Waals surface area contributed by atoms with E-state index in [1.54, 1.807) is 6.07 Å². The van der Waals surface area contributed by atoms with Crippen LogP contribution in [-0.4, -0.2) is 0 Å². The molecule has 0 N–H and O–H groups in total. The zero-order chi connectivity index (χ0) is 19.1. The molecule has 0 saturated heterocycles. The van der Waals surface area contributed by atoms with Gasteiger partial charge in [0.2, 0.25) is 5.69 Å². The van der Waals surface area contributed by atoms with Crippen LogP contribution < -0.4 is 4.57 Å². The van der Waals surface area contributed by atoms with E-state index >= 15 is 0 Å². The summed E-state index contributed by atoms with van der Waals surface area (Å²) in [6.07, 6.45) is 0. The Morgan fingerprint density at radius 2 is 1.65 bits per heavy atom. The van der Waals surface area contributed by atoms with Gasteiger partial charge in [-0.15, -0.1) is 0 Å². The van der Waals surface area contributed by atoms with Gasteiger partial charge in [0.05, 0.1) is 12.3 Å². The second kappa shape index (κ2) is 6.38. The number of fused-ring (bicyclic) bond motifs is 1. The van der Waals surface area contributed by atoms with Crippen LogP contribution in [-0.2, 0) is 7.05 Å². The van der Waals surface area contributed by atoms with Crippen molar-refractivity contribution in [3.05, 3.63) is 89.8 Å². The van der Waals surface area contributed by atoms with E-state index in [9.17, 15) is 4.39 Å². The molecule has 0 unspecified atom stereocenters. The predicted molar refractivity (Wildman–Crippen MR) is 105 cm³/mol. The highest BCUT2D eigenvalue weighted by Crippen LogP contribution is 2.32. The maximum absolute atomic E-state index is 13.9. The molecule has 0 aliphatic heterocycles. The summed E-state index contributed by atoms with van der Waals surface area (Å²) < 4.78 is 24.3. The van der Waals surface area contributed by atoms with Crippen molar-refractivity contribution in [2.45, 2.75) is 13.8 Å². The minimum Gasteiger partial charge on any atom is -0.207 e. The summed E-state index contributed by atoms with van der Waals surface area (Å²) in [7, 11) is 1.97. The minimum atomic E-state index is -0.315. The fourth-order valence-corrected chi connectivity index (χ4v) is 3.47. The van der Waals surface area contributed by atoms with Gasteiger partial charge in [-0.05, 0) is 53.3 Å². The zero-order valence-electron chi connectivity index (χ0n) is 16.2. The monoisotopic (exact) mass is 343 g/mol. The Bertz CT molecular complexity index is 1170. The summed E-state index contributed by atoms with van der Waals surface area (Å²) in [5.41, 5.74) is 6.36. The average Bonchev–Trinajstić information content (AvgIpc) is 2.69. The number of nitrogens with zero attached hydrogens (tertiary/aromatic N) is 1. The molecule has 0 radical (unpaired) electrons. The summed E-state index contributed by atoms with van der Waals surface area (Å²) in [5, 5.41) is 1.54. The molecule has 1 aromatic heterocycles. The molecule has 0 bridgehead atoms. The second-order valence-corrected chi connectivity index (χ2v) is 6.70. The van der Waals surface area contributed by atoms with E-state index in [0.29, 0.717) is 11.4 Å². The SMILES string of the molecule is [2H]c1c(C)[n+](C)c(-c2cc(-c3ccccc3)ccc2C)c2ccc(F)cc12. The first-order valence-electron chi connectivity index (χ1n) is 9.22. The van der Waals surface area contributed by atoms with Crippen LogP contribution in [0, 0.1) is 19.7 Å². The standard InChI is InChI=1S/C24H21FN/c1-16-9-10-19(18-7-5-4-6-8-18)15-23(16)24-22-12-11-21(25)14-20(22)13-17(2)26(24)3/h4-15H,1-3H3/q+1/i13D. The van der Waals surface area contributed by atoms with E-state index in [4.69, 9.17) is 1.37 Å². The van der Waals surface area contributed by atoms with Crippen LogP contribution in [0.2, 0.25) is 0 Å². The van der Waals surface area contributed by atoms with E-state index in [0.717, 1.165) is 39.0 Å². The third-order valence-corrected chi connectivity index (χ3v) is 4.99. The molecule has 0 spiro atoms. The first-order chi connectivity index (χ1) is 13.0. The quantitative estimate of drug-likeness (QED) is 0.408. The number of hydrogen-bond donors (Lipinski definition) is 0. The number of aryl methyl sites for hydroxylation is 1. The van der Waals surface area contributed by atoms with Crippen molar-refractivity contribution in [3.63, 3.8) is 0 Å². The molecule has 128 valence electrons. The molecule has 0 atom stereocenters. The van der Waals surface area contributed by atoms with Crippen LogP contribution in [0.15, 0.2) is 72.8 Å². The van der Waals surface area contributed by atoms with Crippen molar-refractivity contribution in [1.82, 2.24) is 0 Å². The van der Waals surface area contributed by atoms with Gasteiger partial charge in [0.15, 0.2) is 5.69 Å². The molecule has 3 aromatic carbocycles. The number of halogens is 1. The first kappa shape index (κ1) is 15.3. The Hall–Kier alpha value is -3.00. The molecule has 2 heteroatoms. The Labute approximate surface area is 154 Å². The largest absolute Gasteiger partial charge is 0.220 e. The molecule has 4 rings (SSSR count). The summed E-state index contributed by atoms with van der Waals surface area (Å²) in [4.78, 5) is 0. The smallest absolute Gasteiger partial charge is 0.207 e. The second-order valence-electron chi connectivity index (χ2n) is 6.70. The van der Waals surface area contributed by atoms with Crippen LogP contribution in [0.1, 0.15) is 12.6 Å². The number of pyridine rings is 1. The summed E-state index contributed by atoms with van der Waals surface area (Å²) in [5.74, 6) is -0.315. The highest BCUT2D eigenvalue weighted by atomic mass is 19.1. The summed E-state index contributed by atoms with van der Waals surface area (Å²) >= 11 is 0. The van der Waals surface area contributed by atoms with Gasteiger partial charge >= 0.3 is 0 Å². The Kier molecular flexibility index (Phi) is 3.75. The topological polar surface area (TPSA) is 3.88 Å². The lowest BCUT2D eigenvalue weighted by Gasteiger charge is -2.12. The molecule has 4 aromatic rings. The molecule has 1 nitrogen and oxygen atoms in total. The van der Waals surface area contributed by atoms with E-state index in [-0.39, 0.29) is 5.82 Å². The highest BCUT2D eigenvalue weighted by Gasteiger charge is 2.20.